The number of carbonyl (C=O) groups is 1. The number of hydrogen-bond acceptors (Lipinski definition) is 4. The van der Waals surface area contributed by atoms with Crippen LogP contribution >= 0.6 is 0 Å². The Morgan fingerprint density at radius 1 is 0.939 bits per heavy atom. The SMILES string of the molecule is O=C(CCCc1ccccc1)Nc1ncc(-c2ccc(F)cc2)nc1C(O)c1ccccc1. The Balaban J connectivity index is 1.55. The standard InChI is InChI=1S/C27H24FN3O2/c28-22-16-14-20(15-17-22)23-18-29-27(25(30-23)26(33)21-11-5-2-6-12-21)31-24(32)13-7-10-19-8-3-1-4-9-19/h1-6,8-9,11-12,14-18,26,33H,7,10,13H2,(H,29,31,32). The smallest absolute Gasteiger partial charge is 0.225 e. The Morgan fingerprint density at radius 3 is 2.30 bits per heavy atom. The topological polar surface area (TPSA) is 75.1 Å². The molecule has 1 unspecified atom stereocenters. The van der Waals surface area contributed by atoms with Crippen LogP contribution < -0.4 is 5.32 Å². The Morgan fingerprint density at radius 2 is 1.61 bits per heavy atom. The number of aliphatic hydroxyl groups excluding tert-OH is 1. The Labute approximate surface area is 192 Å². The number of nitrogens with zero attached hydrogens (tertiary/aromatic N) is 2. The minimum atomic E-state index is -1.08. The van der Waals surface area contributed by atoms with Crippen LogP contribution in [-0.2, 0) is 11.2 Å². The van der Waals surface area contributed by atoms with E-state index in [1.54, 1.807) is 24.3 Å². The summed E-state index contributed by atoms with van der Waals surface area (Å²) in [6.45, 7) is 0. The van der Waals surface area contributed by atoms with Crippen molar-refractivity contribution in [3.8, 4) is 11.3 Å². The summed E-state index contributed by atoms with van der Waals surface area (Å²) in [5.41, 5.74) is 3.17. The van der Waals surface area contributed by atoms with Gasteiger partial charge in [-0.25, -0.2) is 14.4 Å². The molecule has 166 valence electrons. The maximum atomic E-state index is 13.3. The van der Waals surface area contributed by atoms with Gasteiger partial charge in [0, 0.05) is 12.0 Å². The average molecular weight is 442 g/mol. The van der Waals surface area contributed by atoms with Gasteiger partial charge in [-0.3, -0.25) is 4.79 Å². The molecule has 3 aromatic carbocycles. The van der Waals surface area contributed by atoms with Crippen molar-refractivity contribution in [3.63, 3.8) is 0 Å². The number of benzene rings is 3. The summed E-state index contributed by atoms with van der Waals surface area (Å²) in [5.74, 6) is -0.339. The van der Waals surface area contributed by atoms with Gasteiger partial charge in [-0.1, -0.05) is 60.7 Å². The summed E-state index contributed by atoms with van der Waals surface area (Å²) in [4.78, 5) is 21.6. The Bertz CT molecular complexity index is 1200. The molecule has 0 aliphatic carbocycles. The van der Waals surface area contributed by atoms with Crippen molar-refractivity contribution in [2.45, 2.75) is 25.4 Å². The van der Waals surface area contributed by atoms with Crippen LogP contribution in [0.3, 0.4) is 0 Å². The summed E-state index contributed by atoms with van der Waals surface area (Å²) in [5, 5.41) is 13.8. The first kappa shape index (κ1) is 22.3. The van der Waals surface area contributed by atoms with E-state index in [4.69, 9.17) is 0 Å². The lowest BCUT2D eigenvalue weighted by molar-refractivity contribution is -0.116. The van der Waals surface area contributed by atoms with Gasteiger partial charge in [0.2, 0.25) is 5.91 Å². The summed E-state index contributed by atoms with van der Waals surface area (Å²) >= 11 is 0. The van der Waals surface area contributed by atoms with E-state index in [2.05, 4.69) is 15.3 Å². The van der Waals surface area contributed by atoms with Gasteiger partial charge in [-0.05, 0) is 48.2 Å². The first-order chi connectivity index (χ1) is 16.1. The molecule has 0 saturated carbocycles. The lowest BCUT2D eigenvalue weighted by Gasteiger charge is -2.16. The van der Waals surface area contributed by atoms with Crippen LogP contribution in [0.5, 0.6) is 0 Å². The minimum Gasteiger partial charge on any atom is -0.382 e. The quantitative estimate of drug-likeness (QED) is 0.388. The van der Waals surface area contributed by atoms with Gasteiger partial charge in [0.1, 0.15) is 17.6 Å². The van der Waals surface area contributed by atoms with Gasteiger partial charge < -0.3 is 10.4 Å². The molecule has 4 rings (SSSR count). The van der Waals surface area contributed by atoms with E-state index in [0.29, 0.717) is 29.7 Å². The first-order valence-electron chi connectivity index (χ1n) is 10.8. The van der Waals surface area contributed by atoms with Gasteiger partial charge in [-0.2, -0.15) is 0 Å². The minimum absolute atomic E-state index is 0.198. The zero-order chi connectivity index (χ0) is 23.0. The van der Waals surface area contributed by atoms with Crippen molar-refractivity contribution in [3.05, 3.63) is 114 Å². The largest absolute Gasteiger partial charge is 0.382 e. The molecule has 0 radical (unpaired) electrons. The second-order valence-corrected chi connectivity index (χ2v) is 7.70. The molecule has 6 heteroatoms. The number of aryl methyl sites for hydroxylation is 1. The number of aromatic nitrogens is 2. The molecule has 5 nitrogen and oxygen atoms in total. The van der Waals surface area contributed by atoms with Crippen molar-refractivity contribution in [2.75, 3.05) is 5.32 Å². The molecule has 1 amide bonds. The summed E-state index contributed by atoms with van der Waals surface area (Å²) < 4.78 is 13.3. The third kappa shape index (κ3) is 5.87. The lowest BCUT2D eigenvalue weighted by atomic mass is 10.1. The van der Waals surface area contributed by atoms with Crippen molar-refractivity contribution < 1.29 is 14.3 Å². The highest BCUT2D eigenvalue weighted by molar-refractivity contribution is 5.90. The summed E-state index contributed by atoms with van der Waals surface area (Å²) in [6, 6.07) is 24.9. The van der Waals surface area contributed by atoms with Crippen molar-refractivity contribution in [2.24, 2.45) is 0 Å². The molecule has 1 heterocycles. The van der Waals surface area contributed by atoms with Crippen LogP contribution in [0, 0.1) is 5.82 Å². The number of carbonyl (C=O) groups excluding carboxylic acids is 1. The molecule has 1 atom stereocenters. The van der Waals surface area contributed by atoms with Gasteiger partial charge in [0.15, 0.2) is 5.82 Å². The predicted octanol–water partition coefficient (Wildman–Crippen LogP) is 5.33. The highest BCUT2D eigenvalue weighted by Crippen LogP contribution is 2.28. The fraction of sp³-hybridized carbons (Fsp3) is 0.148. The molecule has 33 heavy (non-hydrogen) atoms. The third-order valence-corrected chi connectivity index (χ3v) is 5.28. The zero-order valence-corrected chi connectivity index (χ0v) is 18.0. The molecule has 4 aromatic rings. The number of nitrogens with one attached hydrogen (secondary N) is 1. The fourth-order valence-electron chi connectivity index (χ4n) is 3.54. The van der Waals surface area contributed by atoms with Gasteiger partial charge in [0.05, 0.1) is 11.9 Å². The molecule has 0 aliphatic heterocycles. The molecular formula is C27H24FN3O2. The van der Waals surface area contributed by atoms with E-state index < -0.39 is 6.10 Å². The number of anilines is 1. The first-order valence-corrected chi connectivity index (χ1v) is 10.8. The predicted molar refractivity (Wildman–Crippen MR) is 126 cm³/mol. The second-order valence-electron chi connectivity index (χ2n) is 7.70. The van der Waals surface area contributed by atoms with Crippen molar-refractivity contribution in [1.29, 1.82) is 0 Å². The Kier molecular flexibility index (Phi) is 7.17. The fourth-order valence-corrected chi connectivity index (χ4v) is 3.54. The van der Waals surface area contributed by atoms with Crippen LogP contribution in [-0.4, -0.2) is 21.0 Å². The van der Waals surface area contributed by atoms with Gasteiger partial charge in [0.25, 0.3) is 0 Å². The molecular weight excluding hydrogens is 417 g/mol. The number of aliphatic hydroxyl groups is 1. The monoisotopic (exact) mass is 441 g/mol. The van der Waals surface area contributed by atoms with Crippen molar-refractivity contribution in [1.82, 2.24) is 9.97 Å². The second kappa shape index (κ2) is 10.6. The molecule has 2 N–H and O–H groups in total. The molecule has 0 fully saturated rings. The highest BCUT2D eigenvalue weighted by atomic mass is 19.1. The normalized spacial score (nSPS) is 11.7. The maximum absolute atomic E-state index is 13.3. The van der Waals surface area contributed by atoms with Crippen LogP contribution in [0.2, 0.25) is 0 Å². The van der Waals surface area contributed by atoms with Crippen LogP contribution in [0.1, 0.15) is 35.8 Å². The highest BCUT2D eigenvalue weighted by Gasteiger charge is 2.20. The third-order valence-electron chi connectivity index (χ3n) is 5.28. The van der Waals surface area contributed by atoms with Gasteiger partial charge >= 0.3 is 0 Å². The lowest BCUT2D eigenvalue weighted by Crippen LogP contribution is -2.17. The number of amides is 1. The molecule has 1 aromatic heterocycles. The van der Waals surface area contributed by atoms with Crippen LogP contribution in [0.4, 0.5) is 10.2 Å². The van der Waals surface area contributed by atoms with E-state index in [1.165, 1.54) is 23.9 Å². The number of rotatable bonds is 8. The van der Waals surface area contributed by atoms with E-state index in [-0.39, 0.29) is 23.2 Å². The number of halogens is 1. The average Bonchev–Trinajstić information content (AvgIpc) is 2.85. The maximum Gasteiger partial charge on any atom is 0.225 e. The zero-order valence-electron chi connectivity index (χ0n) is 18.0. The van der Waals surface area contributed by atoms with Crippen LogP contribution in [0.25, 0.3) is 11.3 Å². The van der Waals surface area contributed by atoms with E-state index in [9.17, 15) is 14.3 Å². The summed E-state index contributed by atoms with van der Waals surface area (Å²) in [7, 11) is 0. The molecule has 0 saturated heterocycles. The molecule has 0 aliphatic rings. The van der Waals surface area contributed by atoms with Crippen molar-refractivity contribution >= 4 is 11.7 Å². The summed E-state index contributed by atoms with van der Waals surface area (Å²) in [6.07, 6.45) is 2.22. The number of hydrogen-bond donors (Lipinski definition) is 2. The van der Waals surface area contributed by atoms with E-state index >= 15 is 0 Å². The molecule has 0 spiro atoms. The van der Waals surface area contributed by atoms with E-state index in [1.807, 2.05) is 48.5 Å². The van der Waals surface area contributed by atoms with E-state index in [0.717, 1.165) is 6.42 Å². The van der Waals surface area contributed by atoms with Gasteiger partial charge in [-0.15, -0.1) is 0 Å². The molecule has 0 bridgehead atoms. The Hall–Kier alpha value is -3.90. The van der Waals surface area contributed by atoms with Crippen LogP contribution in [0.15, 0.2) is 91.1 Å².